The van der Waals surface area contributed by atoms with Gasteiger partial charge in [0.05, 0.1) is 12.3 Å². The Balaban J connectivity index is 2.75. The summed E-state index contributed by atoms with van der Waals surface area (Å²) in [5.74, 6) is 0.0914. The Kier molecular flexibility index (Phi) is 2.34. The Labute approximate surface area is 59.8 Å². The zero-order chi connectivity index (χ0) is 7.40. The molecule has 0 amide bonds. The highest BCUT2D eigenvalue weighted by molar-refractivity contribution is 5.01. The summed E-state index contributed by atoms with van der Waals surface area (Å²) in [4.78, 5) is 7.91. The van der Waals surface area contributed by atoms with Gasteiger partial charge in [0, 0.05) is 24.5 Å². The quantitative estimate of drug-likeness (QED) is 0.650. The number of aliphatic hydroxyl groups is 1. The molecule has 1 atom stereocenters. The predicted octanol–water partition coefficient (Wildman–Crippen LogP) is 0.572. The molecule has 1 N–H and O–H groups in total. The molecule has 0 aliphatic carbocycles. The van der Waals surface area contributed by atoms with Gasteiger partial charge in [0.2, 0.25) is 0 Å². The van der Waals surface area contributed by atoms with Crippen molar-refractivity contribution in [2.45, 2.75) is 12.8 Å². The summed E-state index contributed by atoms with van der Waals surface area (Å²) in [7, 11) is 0. The standard InChI is InChI=1S/C7H10N2O/c1-6(5-10)7-4-8-2-3-9-7/h2-4,6,10H,5H2,1H3/t6-/m1/s1. The van der Waals surface area contributed by atoms with Crippen LogP contribution in [0.25, 0.3) is 0 Å². The van der Waals surface area contributed by atoms with E-state index >= 15 is 0 Å². The largest absolute Gasteiger partial charge is 0.396 e. The van der Waals surface area contributed by atoms with Crippen molar-refractivity contribution in [2.75, 3.05) is 6.61 Å². The van der Waals surface area contributed by atoms with E-state index in [1.165, 1.54) is 0 Å². The van der Waals surface area contributed by atoms with E-state index in [1.54, 1.807) is 18.6 Å². The lowest BCUT2D eigenvalue weighted by molar-refractivity contribution is 0.271. The van der Waals surface area contributed by atoms with E-state index in [4.69, 9.17) is 5.11 Å². The first-order valence-electron chi connectivity index (χ1n) is 3.21. The number of aromatic nitrogens is 2. The van der Waals surface area contributed by atoms with E-state index in [-0.39, 0.29) is 12.5 Å². The van der Waals surface area contributed by atoms with E-state index in [2.05, 4.69) is 9.97 Å². The van der Waals surface area contributed by atoms with Crippen molar-refractivity contribution in [2.24, 2.45) is 0 Å². The van der Waals surface area contributed by atoms with Crippen LogP contribution in [0.1, 0.15) is 18.5 Å². The first-order valence-corrected chi connectivity index (χ1v) is 3.21. The van der Waals surface area contributed by atoms with Gasteiger partial charge in [-0.25, -0.2) is 0 Å². The van der Waals surface area contributed by atoms with Crippen molar-refractivity contribution < 1.29 is 5.11 Å². The summed E-state index contributed by atoms with van der Waals surface area (Å²) in [6.45, 7) is 2.03. The zero-order valence-corrected chi connectivity index (χ0v) is 5.86. The van der Waals surface area contributed by atoms with E-state index < -0.39 is 0 Å². The summed E-state index contributed by atoms with van der Waals surface area (Å²) < 4.78 is 0. The molecule has 0 bridgehead atoms. The van der Waals surface area contributed by atoms with Gasteiger partial charge in [-0.3, -0.25) is 9.97 Å². The average Bonchev–Trinajstić information content (AvgIpc) is 2.05. The molecule has 0 radical (unpaired) electrons. The van der Waals surface area contributed by atoms with Gasteiger partial charge < -0.3 is 5.11 Å². The third kappa shape index (κ3) is 1.51. The van der Waals surface area contributed by atoms with E-state index in [1.807, 2.05) is 6.92 Å². The van der Waals surface area contributed by atoms with Crippen LogP contribution in [0.3, 0.4) is 0 Å². The molecule has 0 spiro atoms. The molecule has 0 aromatic carbocycles. The lowest BCUT2D eigenvalue weighted by Gasteiger charge is -2.03. The molecule has 1 aromatic heterocycles. The molecule has 10 heavy (non-hydrogen) atoms. The van der Waals surface area contributed by atoms with Crippen LogP contribution in [0.5, 0.6) is 0 Å². The van der Waals surface area contributed by atoms with Crippen LogP contribution in [0.15, 0.2) is 18.6 Å². The van der Waals surface area contributed by atoms with Crippen molar-refractivity contribution in [3.8, 4) is 0 Å². The van der Waals surface area contributed by atoms with Crippen LogP contribution in [-0.2, 0) is 0 Å². The summed E-state index contributed by atoms with van der Waals surface area (Å²) in [6, 6.07) is 0. The third-order valence-corrected chi connectivity index (χ3v) is 1.36. The van der Waals surface area contributed by atoms with Gasteiger partial charge in [0.15, 0.2) is 0 Å². The second kappa shape index (κ2) is 3.27. The van der Waals surface area contributed by atoms with Crippen LogP contribution in [0.4, 0.5) is 0 Å². The van der Waals surface area contributed by atoms with Crippen LogP contribution >= 0.6 is 0 Å². The van der Waals surface area contributed by atoms with Gasteiger partial charge in [0.25, 0.3) is 0 Å². The molecule has 54 valence electrons. The molecule has 0 aliphatic rings. The Hall–Kier alpha value is -0.960. The fourth-order valence-electron chi connectivity index (χ4n) is 0.659. The Bertz CT molecular complexity index is 188. The molecular formula is C7H10N2O. The smallest absolute Gasteiger partial charge is 0.0637 e. The Morgan fingerprint density at radius 3 is 2.90 bits per heavy atom. The summed E-state index contributed by atoms with van der Waals surface area (Å²) in [5, 5.41) is 8.72. The molecule has 3 nitrogen and oxygen atoms in total. The van der Waals surface area contributed by atoms with Crippen molar-refractivity contribution in [1.29, 1.82) is 0 Å². The second-order valence-electron chi connectivity index (χ2n) is 2.21. The monoisotopic (exact) mass is 138 g/mol. The number of hydrogen-bond acceptors (Lipinski definition) is 3. The molecular weight excluding hydrogens is 128 g/mol. The molecule has 0 fully saturated rings. The fourth-order valence-corrected chi connectivity index (χ4v) is 0.659. The van der Waals surface area contributed by atoms with Gasteiger partial charge in [-0.2, -0.15) is 0 Å². The summed E-state index contributed by atoms with van der Waals surface area (Å²) in [5.41, 5.74) is 0.838. The van der Waals surface area contributed by atoms with Gasteiger partial charge in [0.1, 0.15) is 0 Å². The van der Waals surface area contributed by atoms with Gasteiger partial charge >= 0.3 is 0 Å². The van der Waals surface area contributed by atoms with E-state index in [0.717, 1.165) is 5.69 Å². The molecule has 1 heterocycles. The van der Waals surface area contributed by atoms with Crippen molar-refractivity contribution in [3.63, 3.8) is 0 Å². The van der Waals surface area contributed by atoms with E-state index in [0.29, 0.717) is 0 Å². The third-order valence-electron chi connectivity index (χ3n) is 1.36. The van der Waals surface area contributed by atoms with Gasteiger partial charge in [-0.15, -0.1) is 0 Å². The zero-order valence-electron chi connectivity index (χ0n) is 5.86. The summed E-state index contributed by atoms with van der Waals surface area (Å²) >= 11 is 0. The minimum Gasteiger partial charge on any atom is -0.396 e. The minimum absolute atomic E-state index is 0.0914. The maximum atomic E-state index is 8.72. The highest BCUT2D eigenvalue weighted by Crippen LogP contribution is 2.07. The Morgan fingerprint density at radius 2 is 2.40 bits per heavy atom. The molecule has 0 aliphatic heterocycles. The fraction of sp³-hybridized carbons (Fsp3) is 0.429. The number of aliphatic hydroxyl groups excluding tert-OH is 1. The first-order chi connectivity index (χ1) is 4.84. The van der Waals surface area contributed by atoms with Crippen molar-refractivity contribution in [3.05, 3.63) is 24.3 Å². The maximum absolute atomic E-state index is 8.72. The molecule has 1 rings (SSSR count). The van der Waals surface area contributed by atoms with Gasteiger partial charge in [-0.1, -0.05) is 6.92 Å². The van der Waals surface area contributed by atoms with Crippen LogP contribution in [0.2, 0.25) is 0 Å². The number of rotatable bonds is 2. The van der Waals surface area contributed by atoms with Crippen LogP contribution in [0, 0.1) is 0 Å². The minimum atomic E-state index is 0.0914. The maximum Gasteiger partial charge on any atom is 0.0637 e. The van der Waals surface area contributed by atoms with Crippen molar-refractivity contribution in [1.82, 2.24) is 9.97 Å². The number of hydrogen-bond donors (Lipinski definition) is 1. The second-order valence-corrected chi connectivity index (χ2v) is 2.21. The number of nitrogens with zero attached hydrogens (tertiary/aromatic N) is 2. The summed E-state index contributed by atoms with van der Waals surface area (Å²) in [6.07, 6.45) is 4.91. The topological polar surface area (TPSA) is 46.0 Å². The highest BCUT2D eigenvalue weighted by Gasteiger charge is 2.02. The Morgan fingerprint density at radius 1 is 1.60 bits per heavy atom. The van der Waals surface area contributed by atoms with E-state index in [9.17, 15) is 0 Å². The highest BCUT2D eigenvalue weighted by atomic mass is 16.3. The average molecular weight is 138 g/mol. The lowest BCUT2D eigenvalue weighted by Crippen LogP contribution is -2.01. The molecule has 0 unspecified atom stereocenters. The normalized spacial score (nSPS) is 13.0. The lowest BCUT2D eigenvalue weighted by atomic mass is 10.1. The molecule has 0 saturated heterocycles. The van der Waals surface area contributed by atoms with Crippen LogP contribution < -0.4 is 0 Å². The van der Waals surface area contributed by atoms with Crippen LogP contribution in [-0.4, -0.2) is 21.7 Å². The molecule has 1 aromatic rings. The first kappa shape index (κ1) is 7.15. The van der Waals surface area contributed by atoms with Crippen molar-refractivity contribution >= 4 is 0 Å². The SMILES string of the molecule is C[C@H](CO)c1cnccn1. The van der Waals surface area contributed by atoms with Gasteiger partial charge in [-0.05, 0) is 0 Å². The molecule has 3 heteroatoms. The molecule has 0 saturated carbocycles. The predicted molar refractivity (Wildman–Crippen MR) is 37.5 cm³/mol.